The van der Waals surface area contributed by atoms with Gasteiger partial charge in [0.05, 0.1) is 26.2 Å². The molecule has 0 spiro atoms. The van der Waals surface area contributed by atoms with Crippen molar-refractivity contribution >= 4 is 5.91 Å². The Morgan fingerprint density at radius 3 is 2.00 bits per heavy atom. The highest BCUT2D eigenvalue weighted by molar-refractivity contribution is 5.78. The van der Waals surface area contributed by atoms with Crippen molar-refractivity contribution in [3.8, 4) is 0 Å². The minimum atomic E-state index is 0.140. The first kappa shape index (κ1) is 13.9. The molecule has 0 aromatic heterocycles. The first-order valence-corrected chi connectivity index (χ1v) is 7.51. The van der Waals surface area contributed by atoms with Crippen LogP contribution in [0.2, 0.25) is 0 Å². The molecule has 0 radical (unpaired) electrons. The highest BCUT2D eigenvalue weighted by atomic mass is 16.2. The lowest BCUT2D eigenvalue weighted by Crippen LogP contribution is -2.73. The minimum Gasteiger partial charge on any atom is -0.331 e. The number of hydrogen-bond donors (Lipinski definition) is 0. The molecular formula is C15H29N2O+. The third-order valence-electron chi connectivity index (χ3n) is 5.43. The molecule has 2 unspecified atom stereocenters. The second kappa shape index (κ2) is 4.84. The molecule has 2 aliphatic heterocycles. The first-order valence-electron chi connectivity index (χ1n) is 7.51. The van der Waals surface area contributed by atoms with Gasteiger partial charge in [-0.25, -0.2) is 0 Å². The van der Waals surface area contributed by atoms with Gasteiger partial charge in [0.25, 0.3) is 0 Å². The van der Waals surface area contributed by atoms with E-state index in [1.165, 1.54) is 23.7 Å². The van der Waals surface area contributed by atoms with Gasteiger partial charge in [0, 0.05) is 18.8 Å². The van der Waals surface area contributed by atoms with Crippen LogP contribution in [0.1, 0.15) is 47.0 Å². The van der Waals surface area contributed by atoms with Crippen molar-refractivity contribution in [3.05, 3.63) is 0 Å². The summed E-state index contributed by atoms with van der Waals surface area (Å²) >= 11 is 0. The summed E-state index contributed by atoms with van der Waals surface area (Å²) in [4.78, 5) is 14.4. The summed E-state index contributed by atoms with van der Waals surface area (Å²) in [5, 5.41) is 0. The number of nitrogens with zero attached hydrogens (tertiary/aromatic N) is 2. The van der Waals surface area contributed by atoms with Crippen LogP contribution in [0.3, 0.4) is 0 Å². The predicted octanol–water partition coefficient (Wildman–Crippen LogP) is 2.26. The normalized spacial score (nSPS) is 36.3. The maximum absolute atomic E-state index is 12.2. The number of quaternary nitrogens is 1. The third-order valence-corrected chi connectivity index (χ3v) is 5.43. The lowest BCUT2D eigenvalue weighted by molar-refractivity contribution is -0.983. The summed E-state index contributed by atoms with van der Waals surface area (Å²) in [6, 6.07) is 1.97. The van der Waals surface area contributed by atoms with Crippen LogP contribution < -0.4 is 0 Å². The fourth-order valence-electron chi connectivity index (χ4n) is 3.95. The molecule has 2 rings (SSSR count). The van der Waals surface area contributed by atoms with Crippen LogP contribution in [0, 0.1) is 5.92 Å². The van der Waals surface area contributed by atoms with Crippen molar-refractivity contribution < 1.29 is 9.28 Å². The number of likely N-dealkylation sites (N-methyl/N-ethyl adjacent to an activating group) is 1. The summed E-state index contributed by atoms with van der Waals surface area (Å²) in [5.41, 5.74) is 0. The molecular weight excluding hydrogens is 224 g/mol. The van der Waals surface area contributed by atoms with Crippen molar-refractivity contribution in [1.29, 1.82) is 0 Å². The van der Waals surface area contributed by atoms with Gasteiger partial charge in [-0.1, -0.05) is 13.8 Å². The number of rotatable bonds is 2. The van der Waals surface area contributed by atoms with Gasteiger partial charge >= 0.3 is 0 Å². The van der Waals surface area contributed by atoms with E-state index in [1.54, 1.807) is 0 Å². The Balaban J connectivity index is 2.19. The molecule has 3 heteroatoms. The zero-order valence-corrected chi connectivity index (χ0v) is 12.6. The number of piperidine rings is 1. The second-order valence-electron chi connectivity index (χ2n) is 6.95. The predicted molar refractivity (Wildman–Crippen MR) is 74.2 cm³/mol. The molecule has 2 atom stereocenters. The number of likely N-dealkylation sites (tertiary alicyclic amines) is 1. The van der Waals surface area contributed by atoms with Crippen LogP contribution in [-0.4, -0.2) is 53.6 Å². The van der Waals surface area contributed by atoms with Gasteiger partial charge in [0.15, 0.2) is 0 Å². The lowest BCUT2D eigenvalue weighted by Gasteiger charge is -2.58. The monoisotopic (exact) mass is 253 g/mol. The fraction of sp³-hybridized carbons (Fsp3) is 0.933. The lowest BCUT2D eigenvalue weighted by atomic mass is 9.86. The van der Waals surface area contributed by atoms with Gasteiger partial charge in [0.1, 0.15) is 12.1 Å². The second-order valence-corrected chi connectivity index (χ2v) is 6.95. The Bertz CT molecular complexity index is 310. The summed E-state index contributed by atoms with van der Waals surface area (Å²) in [6.45, 7) is 10.7. The van der Waals surface area contributed by atoms with E-state index in [0.717, 1.165) is 13.1 Å². The van der Waals surface area contributed by atoms with Gasteiger partial charge in [-0.2, -0.15) is 0 Å². The molecule has 104 valence electrons. The van der Waals surface area contributed by atoms with Crippen molar-refractivity contribution in [2.75, 3.05) is 20.1 Å². The van der Waals surface area contributed by atoms with Crippen molar-refractivity contribution in [2.24, 2.45) is 5.92 Å². The van der Waals surface area contributed by atoms with E-state index in [1.807, 2.05) is 13.8 Å². The SMILES string of the molecule is CC(C)C(=O)N1CC2CCCC(C1)[N+]2(C)C(C)C. The standard InChI is InChI=1S/C15H29N2O/c1-11(2)15(18)16-9-13-7-6-8-14(10-16)17(13,5)12(3)4/h11-14H,6-10H2,1-5H3/q+1. The number of hydrogen-bond acceptors (Lipinski definition) is 1. The summed E-state index contributed by atoms with van der Waals surface area (Å²) in [7, 11) is 2.41. The zero-order valence-electron chi connectivity index (χ0n) is 12.6. The van der Waals surface area contributed by atoms with E-state index in [0.29, 0.717) is 24.0 Å². The molecule has 0 aromatic carbocycles. The maximum Gasteiger partial charge on any atom is 0.225 e. The Morgan fingerprint density at radius 1 is 1.11 bits per heavy atom. The smallest absolute Gasteiger partial charge is 0.225 e. The highest BCUT2D eigenvalue weighted by Gasteiger charge is 2.50. The summed E-state index contributed by atoms with van der Waals surface area (Å²) in [5.74, 6) is 0.489. The Morgan fingerprint density at radius 2 is 1.61 bits per heavy atom. The Kier molecular flexibility index (Phi) is 3.72. The van der Waals surface area contributed by atoms with Crippen molar-refractivity contribution in [1.82, 2.24) is 4.90 Å². The number of fused-ring (bicyclic) bond motifs is 2. The molecule has 2 heterocycles. The quantitative estimate of drug-likeness (QED) is 0.691. The van der Waals surface area contributed by atoms with Crippen LogP contribution in [0.25, 0.3) is 0 Å². The van der Waals surface area contributed by atoms with Crippen LogP contribution in [0.4, 0.5) is 0 Å². The summed E-state index contributed by atoms with van der Waals surface area (Å²) < 4.78 is 1.18. The van der Waals surface area contributed by atoms with Crippen LogP contribution in [0.5, 0.6) is 0 Å². The molecule has 0 aliphatic carbocycles. The molecule has 1 amide bonds. The van der Waals surface area contributed by atoms with E-state index < -0.39 is 0 Å². The van der Waals surface area contributed by atoms with Gasteiger partial charge in [0.2, 0.25) is 5.91 Å². The van der Waals surface area contributed by atoms with E-state index in [4.69, 9.17) is 0 Å². The maximum atomic E-state index is 12.2. The molecule has 2 fully saturated rings. The molecule has 18 heavy (non-hydrogen) atoms. The fourth-order valence-corrected chi connectivity index (χ4v) is 3.95. The van der Waals surface area contributed by atoms with Gasteiger partial charge < -0.3 is 9.38 Å². The third kappa shape index (κ3) is 2.07. The van der Waals surface area contributed by atoms with Gasteiger partial charge in [-0.15, -0.1) is 0 Å². The topological polar surface area (TPSA) is 20.3 Å². The van der Waals surface area contributed by atoms with Crippen LogP contribution in [-0.2, 0) is 4.79 Å². The van der Waals surface area contributed by atoms with Crippen LogP contribution >= 0.6 is 0 Å². The Hall–Kier alpha value is -0.570. The summed E-state index contributed by atoms with van der Waals surface area (Å²) in [6.07, 6.45) is 3.92. The van der Waals surface area contributed by atoms with Gasteiger partial charge in [-0.3, -0.25) is 4.79 Å². The van der Waals surface area contributed by atoms with Crippen molar-refractivity contribution in [3.63, 3.8) is 0 Å². The molecule has 0 saturated carbocycles. The average Bonchev–Trinajstić information content (AvgIpc) is 2.27. The zero-order chi connectivity index (χ0) is 13.5. The number of carbonyl (C=O) groups is 1. The van der Waals surface area contributed by atoms with E-state index in [9.17, 15) is 4.79 Å². The molecule has 3 nitrogen and oxygen atoms in total. The molecule has 0 aromatic rings. The average molecular weight is 253 g/mol. The van der Waals surface area contributed by atoms with E-state index >= 15 is 0 Å². The van der Waals surface area contributed by atoms with E-state index in [-0.39, 0.29) is 5.92 Å². The van der Waals surface area contributed by atoms with Crippen LogP contribution in [0.15, 0.2) is 0 Å². The molecule has 0 N–H and O–H groups in total. The first-order chi connectivity index (χ1) is 8.37. The highest BCUT2D eigenvalue weighted by Crippen LogP contribution is 2.37. The number of carbonyl (C=O) groups excluding carboxylic acids is 1. The Labute approximate surface area is 112 Å². The number of amides is 1. The molecule has 2 saturated heterocycles. The molecule has 2 bridgehead atoms. The number of piperazine rings is 1. The van der Waals surface area contributed by atoms with E-state index in [2.05, 4.69) is 25.8 Å². The largest absolute Gasteiger partial charge is 0.331 e. The van der Waals surface area contributed by atoms with Crippen molar-refractivity contribution in [2.45, 2.75) is 65.1 Å². The minimum absolute atomic E-state index is 0.140. The molecule has 2 aliphatic rings. The van der Waals surface area contributed by atoms with Gasteiger partial charge in [-0.05, 0) is 20.3 Å².